The lowest BCUT2D eigenvalue weighted by atomic mass is 9.80. The predicted octanol–water partition coefficient (Wildman–Crippen LogP) is 3.46. The molecule has 1 heterocycles. The topological polar surface area (TPSA) is 67.9 Å². The summed E-state index contributed by atoms with van der Waals surface area (Å²) < 4.78 is 10.6. The van der Waals surface area contributed by atoms with Gasteiger partial charge in [0.25, 0.3) is 0 Å². The van der Waals surface area contributed by atoms with Gasteiger partial charge in [0.2, 0.25) is 11.8 Å². The lowest BCUT2D eigenvalue weighted by molar-refractivity contribution is -0.138. The van der Waals surface area contributed by atoms with Crippen molar-refractivity contribution in [3.63, 3.8) is 0 Å². The number of piperidine rings is 1. The quantitative estimate of drug-likeness (QED) is 0.857. The molecule has 6 nitrogen and oxygen atoms in total. The molecule has 1 aromatic carbocycles. The zero-order valence-electron chi connectivity index (χ0n) is 16.3. The molecule has 0 unspecified atom stereocenters. The Labute approximate surface area is 161 Å². The Morgan fingerprint density at radius 3 is 2.26 bits per heavy atom. The molecule has 148 valence electrons. The van der Waals surface area contributed by atoms with Crippen LogP contribution in [0.3, 0.4) is 0 Å². The molecule has 2 amide bonds. The molecule has 1 saturated heterocycles. The molecule has 1 aliphatic carbocycles. The second-order valence-corrected chi connectivity index (χ2v) is 7.49. The molecule has 3 rings (SSSR count). The molecule has 0 atom stereocenters. The number of carbonyl (C=O) groups is 2. The van der Waals surface area contributed by atoms with Gasteiger partial charge in [-0.2, -0.15) is 0 Å². The molecule has 0 bridgehead atoms. The van der Waals surface area contributed by atoms with Crippen LogP contribution >= 0.6 is 0 Å². The number of anilines is 1. The van der Waals surface area contributed by atoms with Gasteiger partial charge in [-0.1, -0.05) is 0 Å². The zero-order chi connectivity index (χ0) is 19.2. The summed E-state index contributed by atoms with van der Waals surface area (Å²) in [6, 6.07) is 5.34. The molecule has 2 aliphatic rings. The fraction of sp³-hybridized carbons (Fsp3) is 0.619. The molecule has 2 fully saturated rings. The highest BCUT2D eigenvalue weighted by molar-refractivity contribution is 5.94. The van der Waals surface area contributed by atoms with Crippen molar-refractivity contribution in [3.05, 3.63) is 18.2 Å². The van der Waals surface area contributed by atoms with Crippen molar-refractivity contribution in [3.8, 4) is 11.5 Å². The summed E-state index contributed by atoms with van der Waals surface area (Å²) in [6.07, 6.45) is 6.55. The van der Waals surface area contributed by atoms with Crippen LogP contribution in [0.25, 0.3) is 0 Å². The first-order valence-corrected chi connectivity index (χ1v) is 9.94. The Bertz CT molecular complexity index is 662. The Balaban J connectivity index is 1.55. The van der Waals surface area contributed by atoms with Crippen LogP contribution in [0.2, 0.25) is 0 Å². The third-order valence-corrected chi connectivity index (χ3v) is 5.78. The molecular weight excluding hydrogens is 344 g/mol. The average molecular weight is 374 g/mol. The Hall–Kier alpha value is -2.24. The SMILES string of the molecule is COc1ccc(OC)c(NC(=O)C2CCC(C(=O)N3CCCCC3)CC2)c1. The Morgan fingerprint density at radius 2 is 1.63 bits per heavy atom. The van der Waals surface area contributed by atoms with Crippen LogP contribution in [0, 0.1) is 11.8 Å². The van der Waals surface area contributed by atoms with Crippen molar-refractivity contribution in [2.24, 2.45) is 11.8 Å². The van der Waals surface area contributed by atoms with E-state index in [1.807, 2.05) is 4.90 Å². The van der Waals surface area contributed by atoms with Crippen molar-refractivity contribution in [2.45, 2.75) is 44.9 Å². The van der Waals surface area contributed by atoms with Gasteiger partial charge in [0.15, 0.2) is 0 Å². The van der Waals surface area contributed by atoms with Crippen LogP contribution in [0.5, 0.6) is 11.5 Å². The van der Waals surface area contributed by atoms with Crippen molar-refractivity contribution in [1.82, 2.24) is 4.90 Å². The first-order chi connectivity index (χ1) is 13.1. The van der Waals surface area contributed by atoms with Crippen LogP contribution in [0.1, 0.15) is 44.9 Å². The lowest BCUT2D eigenvalue weighted by Crippen LogP contribution is -2.41. The molecule has 1 aromatic rings. The van der Waals surface area contributed by atoms with Gasteiger partial charge >= 0.3 is 0 Å². The maximum absolute atomic E-state index is 12.7. The fourth-order valence-corrected chi connectivity index (χ4v) is 4.12. The molecule has 0 aromatic heterocycles. The third kappa shape index (κ3) is 4.73. The summed E-state index contributed by atoms with van der Waals surface area (Å²) in [5, 5.41) is 2.97. The number of nitrogens with zero attached hydrogens (tertiary/aromatic N) is 1. The van der Waals surface area contributed by atoms with Crippen LogP contribution in [0.4, 0.5) is 5.69 Å². The Kier molecular flexibility index (Phi) is 6.58. The molecule has 0 radical (unpaired) electrons. The number of carbonyl (C=O) groups excluding carboxylic acids is 2. The monoisotopic (exact) mass is 374 g/mol. The van der Waals surface area contributed by atoms with E-state index in [4.69, 9.17) is 9.47 Å². The summed E-state index contributed by atoms with van der Waals surface area (Å²) in [4.78, 5) is 27.4. The molecule has 27 heavy (non-hydrogen) atoms. The van der Waals surface area contributed by atoms with Gasteiger partial charge in [-0.05, 0) is 57.1 Å². The number of methoxy groups -OCH3 is 2. The molecule has 1 aliphatic heterocycles. The van der Waals surface area contributed by atoms with Crippen LogP contribution in [0.15, 0.2) is 18.2 Å². The van der Waals surface area contributed by atoms with Crippen LogP contribution in [-0.4, -0.2) is 44.0 Å². The molecule has 1 N–H and O–H groups in total. The van der Waals surface area contributed by atoms with Gasteiger partial charge < -0.3 is 19.7 Å². The number of rotatable bonds is 5. The largest absolute Gasteiger partial charge is 0.497 e. The van der Waals surface area contributed by atoms with Crippen LogP contribution < -0.4 is 14.8 Å². The van der Waals surface area contributed by atoms with E-state index in [0.29, 0.717) is 23.1 Å². The number of nitrogens with one attached hydrogen (secondary N) is 1. The standard InChI is InChI=1S/C21H30N2O4/c1-26-17-10-11-19(27-2)18(14-17)22-20(24)15-6-8-16(9-7-15)21(25)23-12-4-3-5-13-23/h10-11,14-16H,3-9,12-13H2,1-2H3,(H,22,24). The highest BCUT2D eigenvalue weighted by Crippen LogP contribution is 2.34. The summed E-state index contributed by atoms with van der Waals surface area (Å²) in [5.41, 5.74) is 0.619. The van der Waals surface area contributed by atoms with Crippen molar-refractivity contribution < 1.29 is 19.1 Å². The maximum atomic E-state index is 12.7. The number of benzene rings is 1. The summed E-state index contributed by atoms with van der Waals surface area (Å²) in [6.45, 7) is 1.80. The highest BCUT2D eigenvalue weighted by Gasteiger charge is 2.32. The minimum absolute atomic E-state index is 0.00887. The van der Waals surface area contributed by atoms with Gasteiger partial charge in [-0.15, -0.1) is 0 Å². The van der Waals surface area contributed by atoms with Gasteiger partial charge in [-0.25, -0.2) is 0 Å². The van der Waals surface area contributed by atoms with Crippen molar-refractivity contribution >= 4 is 17.5 Å². The maximum Gasteiger partial charge on any atom is 0.227 e. The van der Waals surface area contributed by atoms with E-state index in [-0.39, 0.29) is 17.7 Å². The number of hydrogen-bond acceptors (Lipinski definition) is 4. The first kappa shape index (κ1) is 19.5. The Morgan fingerprint density at radius 1 is 0.963 bits per heavy atom. The lowest BCUT2D eigenvalue weighted by Gasteiger charge is -2.33. The molecule has 0 spiro atoms. The molecule has 6 heteroatoms. The van der Waals surface area contributed by atoms with E-state index in [0.717, 1.165) is 51.6 Å². The second kappa shape index (κ2) is 9.11. The minimum Gasteiger partial charge on any atom is -0.497 e. The smallest absolute Gasteiger partial charge is 0.227 e. The van der Waals surface area contributed by atoms with E-state index in [2.05, 4.69) is 5.32 Å². The number of ether oxygens (including phenoxy) is 2. The van der Waals surface area contributed by atoms with E-state index < -0.39 is 0 Å². The summed E-state index contributed by atoms with van der Waals surface area (Å²) >= 11 is 0. The van der Waals surface area contributed by atoms with Crippen LogP contribution in [-0.2, 0) is 9.59 Å². The van der Waals surface area contributed by atoms with E-state index in [9.17, 15) is 9.59 Å². The molecule has 1 saturated carbocycles. The van der Waals surface area contributed by atoms with Gasteiger partial charge in [-0.3, -0.25) is 9.59 Å². The summed E-state index contributed by atoms with van der Waals surface area (Å²) in [7, 11) is 3.17. The normalized spacial score (nSPS) is 22.8. The fourth-order valence-electron chi connectivity index (χ4n) is 4.12. The molecular formula is C21H30N2O4. The third-order valence-electron chi connectivity index (χ3n) is 5.78. The predicted molar refractivity (Wildman–Crippen MR) is 104 cm³/mol. The van der Waals surface area contributed by atoms with E-state index in [1.54, 1.807) is 32.4 Å². The first-order valence-electron chi connectivity index (χ1n) is 9.94. The average Bonchev–Trinajstić information content (AvgIpc) is 2.73. The van der Waals surface area contributed by atoms with Crippen molar-refractivity contribution in [2.75, 3.05) is 32.6 Å². The van der Waals surface area contributed by atoms with Gasteiger partial charge in [0, 0.05) is 31.0 Å². The van der Waals surface area contributed by atoms with Gasteiger partial charge in [0.05, 0.1) is 19.9 Å². The van der Waals surface area contributed by atoms with E-state index >= 15 is 0 Å². The van der Waals surface area contributed by atoms with E-state index in [1.165, 1.54) is 6.42 Å². The second-order valence-electron chi connectivity index (χ2n) is 7.49. The number of hydrogen-bond donors (Lipinski definition) is 1. The highest BCUT2D eigenvalue weighted by atomic mass is 16.5. The minimum atomic E-state index is -0.0636. The zero-order valence-corrected chi connectivity index (χ0v) is 16.3. The summed E-state index contributed by atoms with van der Waals surface area (Å²) in [5.74, 6) is 1.58. The van der Waals surface area contributed by atoms with Crippen molar-refractivity contribution in [1.29, 1.82) is 0 Å². The number of amides is 2. The van der Waals surface area contributed by atoms with Gasteiger partial charge in [0.1, 0.15) is 11.5 Å². The number of likely N-dealkylation sites (tertiary alicyclic amines) is 1.